The second kappa shape index (κ2) is 9.33. The lowest BCUT2D eigenvalue weighted by molar-refractivity contribution is -0.165. The van der Waals surface area contributed by atoms with Crippen molar-refractivity contribution in [2.75, 3.05) is 13.2 Å². The highest BCUT2D eigenvalue weighted by Gasteiger charge is 2.60. The van der Waals surface area contributed by atoms with E-state index in [0.717, 1.165) is 55.3 Å². The molecule has 4 aliphatic rings. The van der Waals surface area contributed by atoms with E-state index in [1.165, 1.54) is 44.9 Å². The highest BCUT2D eigenvalue weighted by atomic mass is 16.7. The van der Waals surface area contributed by atoms with Crippen LogP contribution in [0.4, 0.5) is 0 Å². The summed E-state index contributed by atoms with van der Waals surface area (Å²) in [6.07, 6.45) is 13.2. The number of ether oxygens (including phenoxy) is 2. The molecule has 1 saturated heterocycles. The van der Waals surface area contributed by atoms with Gasteiger partial charge in [-0.2, -0.15) is 0 Å². The normalized spacial score (nSPS) is 42.2. The highest BCUT2D eigenvalue weighted by molar-refractivity contribution is 5.85. The Morgan fingerprint density at radius 2 is 1.62 bits per heavy atom. The van der Waals surface area contributed by atoms with E-state index in [9.17, 15) is 4.79 Å². The number of rotatable bonds is 8. The summed E-state index contributed by atoms with van der Waals surface area (Å²) < 4.78 is 11.8. The highest BCUT2D eigenvalue weighted by Crippen LogP contribution is 2.66. The molecule has 0 N–H and O–H groups in total. The molecule has 3 heteroatoms. The molecule has 0 aromatic rings. The quantitative estimate of drug-likeness (QED) is 0.389. The lowest BCUT2D eigenvalue weighted by Gasteiger charge is -2.56. The van der Waals surface area contributed by atoms with Gasteiger partial charge in [0.15, 0.2) is 5.79 Å². The third kappa shape index (κ3) is 4.47. The van der Waals surface area contributed by atoms with E-state index in [4.69, 9.17) is 9.47 Å². The maximum Gasteiger partial charge on any atom is 0.165 e. The van der Waals surface area contributed by atoms with Crippen molar-refractivity contribution < 1.29 is 14.3 Å². The first-order chi connectivity index (χ1) is 15.1. The first-order valence-electron chi connectivity index (χ1n) is 13.9. The van der Waals surface area contributed by atoms with Gasteiger partial charge in [0, 0.05) is 18.3 Å². The monoisotopic (exact) mass is 446 g/mol. The third-order valence-electron chi connectivity index (χ3n) is 10.8. The van der Waals surface area contributed by atoms with Gasteiger partial charge in [0.1, 0.15) is 5.78 Å². The van der Waals surface area contributed by atoms with Crippen molar-refractivity contribution in [2.45, 2.75) is 118 Å². The molecule has 0 radical (unpaired) electrons. The first kappa shape index (κ1) is 24.7. The maximum atomic E-state index is 13.3. The van der Waals surface area contributed by atoms with E-state index in [1.54, 1.807) is 0 Å². The molecule has 3 saturated carbocycles. The third-order valence-corrected chi connectivity index (χ3v) is 10.8. The van der Waals surface area contributed by atoms with Gasteiger partial charge in [-0.3, -0.25) is 4.79 Å². The van der Waals surface area contributed by atoms with Gasteiger partial charge in [-0.1, -0.05) is 53.9 Å². The van der Waals surface area contributed by atoms with E-state index >= 15 is 0 Å². The summed E-state index contributed by atoms with van der Waals surface area (Å²) in [5, 5.41) is 0. The molecule has 1 heterocycles. The molecular weight excluding hydrogens is 396 g/mol. The van der Waals surface area contributed by atoms with Crippen molar-refractivity contribution in [3.63, 3.8) is 0 Å². The van der Waals surface area contributed by atoms with Gasteiger partial charge in [0.25, 0.3) is 0 Å². The molecule has 3 nitrogen and oxygen atoms in total. The Morgan fingerprint density at radius 1 is 0.906 bits per heavy atom. The van der Waals surface area contributed by atoms with Gasteiger partial charge in [-0.15, -0.1) is 0 Å². The van der Waals surface area contributed by atoms with Gasteiger partial charge in [0.2, 0.25) is 0 Å². The number of carbonyl (C=O) groups excluding carboxylic acids is 1. The zero-order chi connectivity index (χ0) is 23.1. The fourth-order valence-electron chi connectivity index (χ4n) is 8.81. The van der Waals surface area contributed by atoms with Crippen molar-refractivity contribution in [3.05, 3.63) is 0 Å². The Hall–Kier alpha value is -0.410. The predicted molar refractivity (Wildman–Crippen MR) is 130 cm³/mol. The Morgan fingerprint density at radius 3 is 2.31 bits per heavy atom. The number of Topliss-reactive ketones (excluding diaryl/α,β-unsaturated/α-hetero) is 1. The summed E-state index contributed by atoms with van der Waals surface area (Å²) in [4.78, 5) is 13.3. The van der Waals surface area contributed by atoms with Gasteiger partial charge in [-0.25, -0.2) is 0 Å². The molecular formula is C29H50O3. The molecule has 0 bridgehead atoms. The number of fused-ring (bicyclic) bond motifs is 3. The summed E-state index contributed by atoms with van der Waals surface area (Å²) >= 11 is 0. The van der Waals surface area contributed by atoms with E-state index in [2.05, 4.69) is 41.5 Å². The molecule has 1 aliphatic heterocycles. The molecule has 184 valence electrons. The van der Waals surface area contributed by atoms with Crippen molar-refractivity contribution in [1.82, 2.24) is 0 Å². The maximum absolute atomic E-state index is 13.3. The molecule has 0 spiro atoms. The van der Waals surface area contributed by atoms with Crippen LogP contribution >= 0.6 is 0 Å². The lowest BCUT2D eigenvalue weighted by Crippen LogP contribution is -2.53. The molecule has 0 aromatic carbocycles. The molecule has 1 unspecified atom stereocenters. The largest absolute Gasteiger partial charge is 0.348 e. The number of hydrogen-bond acceptors (Lipinski definition) is 3. The van der Waals surface area contributed by atoms with Gasteiger partial charge in [0.05, 0.1) is 13.2 Å². The number of carbonyl (C=O) groups is 1. The zero-order valence-electron chi connectivity index (χ0n) is 21.9. The van der Waals surface area contributed by atoms with Crippen LogP contribution < -0.4 is 0 Å². The van der Waals surface area contributed by atoms with Crippen molar-refractivity contribution in [3.8, 4) is 0 Å². The molecule has 0 aromatic heterocycles. The van der Waals surface area contributed by atoms with Gasteiger partial charge < -0.3 is 9.47 Å². The summed E-state index contributed by atoms with van der Waals surface area (Å²) in [6, 6.07) is 0. The van der Waals surface area contributed by atoms with Crippen LogP contribution in [0.15, 0.2) is 0 Å². The molecule has 4 fully saturated rings. The Kier molecular flexibility index (Phi) is 7.20. The molecule has 7 atom stereocenters. The van der Waals surface area contributed by atoms with E-state index in [-0.39, 0.29) is 5.41 Å². The molecule has 32 heavy (non-hydrogen) atoms. The molecule has 3 aliphatic carbocycles. The SMILES string of the molecule is CC(C)CCC[C@H](C)[C@@H]1CC[C@@H]2[C@H]3CCC(=O)[C@@](C)(CCC4(C)OCCO4)C3CC[C@]21C. The van der Waals surface area contributed by atoms with Crippen LogP contribution in [0.1, 0.15) is 112 Å². The number of hydrogen-bond donors (Lipinski definition) is 0. The van der Waals surface area contributed by atoms with E-state index in [1.807, 2.05) is 0 Å². The minimum atomic E-state index is -0.483. The van der Waals surface area contributed by atoms with E-state index < -0.39 is 5.79 Å². The summed E-state index contributed by atoms with van der Waals surface area (Å²) in [7, 11) is 0. The summed E-state index contributed by atoms with van der Waals surface area (Å²) in [5.41, 5.74) is 0.299. The topological polar surface area (TPSA) is 35.5 Å². The Labute approximate surface area is 197 Å². The van der Waals surface area contributed by atoms with Crippen LogP contribution in [0.5, 0.6) is 0 Å². The van der Waals surface area contributed by atoms with Crippen molar-refractivity contribution in [2.24, 2.45) is 46.3 Å². The fraction of sp³-hybridized carbons (Fsp3) is 0.966. The Bertz CT molecular complexity index is 665. The number of ketones is 1. The molecule has 0 amide bonds. The average molecular weight is 447 g/mol. The average Bonchev–Trinajstić information content (AvgIpc) is 3.32. The second-order valence-corrected chi connectivity index (χ2v) is 13.1. The fourth-order valence-corrected chi connectivity index (χ4v) is 8.81. The lowest BCUT2D eigenvalue weighted by atomic mass is 9.47. The van der Waals surface area contributed by atoms with Crippen LogP contribution in [0.3, 0.4) is 0 Å². The van der Waals surface area contributed by atoms with Crippen molar-refractivity contribution >= 4 is 5.78 Å². The predicted octanol–water partition coefficient (Wildman–Crippen LogP) is 7.42. The van der Waals surface area contributed by atoms with Crippen LogP contribution in [-0.2, 0) is 14.3 Å². The second-order valence-electron chi connectivity index (χ2n) is 13.1. The van der Waals surface area contributed by atoms with Gasteiger partial charge >= 0.3 is 0 Å². The van der Waals surface area contributed by atoms with Crippen LogP contribution in [0, 0.1) is 46.3 Å². The minimum Gasteiger partial charge on any atom is -0.348 e. The van der Waals surface area contributed by atoms with Crippen LogP contribution in [0.25, 0.3) is 0 Å². The van der Waals surface area contributed by atoms with Gasteiger partial charge in [-0.05, 0) is 86.4 Å². The van der Waals surface area contributed by atoms with E-state index in [0.29, 0.717) is 30.3 Å². The molecule has 4 rings (SSSR count). The smallest absolute Gasteiger partial charge is 0.165 e. The van der Waals surface area contributed by atoms with Crippen LogP contribution in [0.2, 0.25) is 0 Å². The zero-order valence-corrected chi connectivity index (χ0v) is 21.9. The summed E-state index contributed by atoms with van der Waals surface area (Å²) in [5.74, 6) is 4.69. The minimum absolute atomic E-state index is 0.191. The summed E-state index contributed by atoms with van der Waals surface area (Å²) in [6.45, 7) is 15.6. The Balaban J connectivity index is 1.45. The van der Waals surface area contributed by atoms with Crippen molar-refractivity contribution in [1.29, 1.82) is 0 Å². The standard InChI is InChI=1S/C29H50O3/c1-20(2)8-7-9-21(3)23-11-12-24-22-10-13-26(30)28(5,25(22)14-15-27(23,24)4)16-17-29(6)31-18-19-32-29/h20-25H,7-19H2,1-6H3/t21-,22+,23-,24+,25?,27-,28-/m0/s1. The van der Waals surface area contributed by atoms with Crippen LogP contribution in [-0.4, -0.2) is 24.8 Å². The first-order valence-corrected chi connectivity index (χ1v) is 13.9.